The van der Waals surface area contributed by atoms with Crippen LogP contribution in [-0.4, -0.2) is 22.8 Å². The Hall–Kier alpha value is -2.67. The van der Waals surface area contributed by atoms with E-state index >= 15 is 0 Å². The SMILES string of the molecule is Cc1nc(C(=O)NC(Cc2ccccc2)C(=O)NN)co1. The number of hydrogen-bond acceptors (Lipinski definition) is 5. The Kier molecular flexibility index (Phi) is 4.68. The minimum atomic E-state index is -0.790. The maximum Gasteiger partial charge on any atom is 0.273 e. The third-order valence-corrected chi connectivity index (χ3v) is 2.90. The van der Waals surface area contributed by atoms with Gasteiger partial charge in [0.05, 0.1) is 0 Å². The van der Waals surface area contributed by atoms with E-state index in [1.54, 1.807) is 6.92 Å². The molecule has 0 bridgehead atoms. The number of aromatic nitrogens is 1. The van der Waals surface area contributed by atoms with Gasteiger partial charge >= 0.3 is 0 Å². The summed E-state index contributed by atoms with van der Waals surface area (Å²) in [6, 6.07) is 8.53. The van der Waals surface area contributed by atoms with Crippen molar-refractivity contribution in [2.45, 2.75) is 19.4 Å². The number of rotatable bonds is 5. The molecule has 4 N–H and O–H groups in total. The Labute approximate surface area is 121 Å². The molecule has 2 aromatic rings. The molecule has 0 saturated carbocycles. The number of carbonyl (C=O) groups is 2. The monoisotopic (exact) mass is 288 g/mol. The van der Waals surface area contributed by atoms with E-state index in [0.29, 0.717) is 12.3 Å². The number of oxazole rings is 1. The molecule has 7 nitrogen and oxygen atoms in total. The molecule has 2 amide bonds. The van der Waals surface area contributed by atoms with E-state index in [0.717, 1.165) is 5.56 Å². The van der Waals surface area contributed by atoms with Crippen LogP contribution in [0.1, 0.15) is 21.9 Å². The summed E-state index contributed by atoms with van der Waals surface area (Å²) in [4.78, 5) is 27.7. The summed E-state index contributed by atoms with van der Waals surface area (Å²) in [5, 5.41) is 2.59. The van der Waals surface area contributed by atoms with Gasteiger partial charge in [-0.1, -0.05) is 30.3 Å². The minimum Gasteiger partial charge on any atom is -0.448 e. The summed E-state index contributed by atoms with van der Waals surface area (Å²) >= 11 is 0. The van der Waals surface area contributed by atoms with Gasteiger partial charge in [0.2, 0.25) is 0 Å². The average Bonchev–Trinajstić information content (AvgIpc) is 2.93. The highest BCUT2D eigenvalue weighted by Gasteiger charge is 2.22. The summed E-state index contributed by atoms with van der Waals surface area (Å²) < 4.78 is 4.98. The molecule has 1 atom stereocenters. The van der Waals surface area contributed by atoms with Gasteiger partial charge in [-0.2, -0.15) is 0 Å². The van der Waals surface area contributed by atoms with Crippen LogP contribution in [0.3, 0.4) is 0 Å². The second-order valence-electron chi connectivity index (χ2n) is 4.48. The van der Waals surface area contributed by atoms with Gasteiger partial charge in [0, 0.05) is 13.3 Å². The van der Waals surface area contributed by atoms with Crippen LogP contribution in [0.5, 0.6) is 0 Å². The lowest BCUT2D eigenvalue weighted by Gasteiger charge is -2.16. The lowest BCUT2D eigenvalue weighted by Crippen LogP contribution is -2.50. The number of hydrogen-bond donors (Lipinski definition) is 3. The first-order chi connectivity index (χ1) is 10.1. The van der Waals surface area contributed by atoms with E-state index in [9.17, 15) is 9.59 Å². The van der Waals surface area contributed by atoms with Gasteiger partial charge in [0.15, 0.2) is 11.6 Å². The molecule has 1 unspecified atom stereocenters. The van der Waals surface area contributed by atoms with Crippen molar-refractivity contribution in [3.8, 4) is 0 Å². The van der Waals surface area contributed by atoms with Crippen LogP contribution in [0, 0.1) is 6.92 Å². The quantitative estimate of drug-likeness (QED) is 0.417. The highest BCUT2D eigenvalue weighted by molar-refractivity contribution is 5.95. The molecule has 110 valence electrons. The van der Waals surface area contributed by atoms with Gasteiger partial charge < -0.3 is 9.73 Å². The highest BCUT2D eigenvalue weighted by Crippen LogP contribution is 2.05. The number of carbonyl (C=O) groups excluding carboxylic acids is 2. The van der Waals surface area contributed by atoms with Crippen LogP contribution >= 0.6 is 0 Å². The van der Waals surface area contributed by atoms with Crippen molar-refractivity contribution in [2.24, 2.45) is 5.84 Å². The van der Waals surface area contributed by atoms with E-state index in [2.05, 4.69) is 10.3 Å². The fourth-order valence-electron chi connectivity index (χ4n) is 1.86. The predicted octanol–water partition coefficient (Wildman–Crippen LogP) is 0.314. The number of benzene rings is 1. The van der Waals surface area contributed by atoms with Crippen LogP contribution in [-0.2, 0) is 11.2 Å². The number of aryl methyl sites for hydroxylation is 1. The topological polar surface area (TPSA) is 110 Å². The first-order valence-electron chi connectivity index (χ1n) is 6.37. The standard InChI is InChI=1S/C14H16N4O3/c1-9-16-12(8-21-9)13(19)17-11(14(20)18-15)7-10-5-3-2-4-6-10/h2-6,8,11H,7,15H2,1H3,(H,17,19)(H,18,20). The lowest BCUT2D eigenvalue weighted by atomic mass is 10.1. The van der Waals surface area contributed by atoms with Crippen molar-refractivity contribution in [1.82, 2.24) is 15.7 Å². The van der Waals surface area contributed by atoms with Crippen molar-refractivity contribution in [3.05, 3.63) is 53.7 Å². The van der Waals surface area contributed by atoms with Crippen LogP contribution in [0.4, 0.5) is 0 Å². The molecule has 1 aromatic heterocycles. The number of nitrogens with one attached hydrogen (secondary N) is 2. The van der Waals surface area contributed by atoms with Crippen LogP contribution < -0.4 is 16.6 Å². The summed E-state index contributed by atoms with van der Waals surface area (Å²) in [7, 11) is 0. The Morgan fingerprint density at radius 2 is 2.05 bits per heavy atom. The van der Waals surface area contributed by atoms with Crippen LogP contribution in [0.25, 0.3) is 0 Å². The molecular formula is C14H16N4O3. The lowest BCUT2D eigenvalue weighted by molar-refractivity contribution is -0.123. The normalized spacial score (nSPS) is 11.7. The van der Waals surface area contributed by atoms with Crippen LogP contribution in [0.2, 0.25) is 0 Å². The molecule has 0 aliphatic carbocycles. The smallest absolute Gasteiger partial charge is 0.273 e. The van der Waals surface area contributed by atoms with Gasteiger partial charge in [-0.15, -0.1) is 0 Å². The maximum absolute atomic E-state index is 12.0. The van der Waals surface area contributed by atoms with E-state index in [4.69, 9.17) is 10.3 Å². The molecule has 0 spiro atoms. The zero-order valence-electron chi connectivity index (χ0n) is 11.5. The second kappa shape index (κ2) is 6.67. The highest BCUT2D eigenvalue weighted by atomic mass is 16.3. The summed E-state index contributed by atoms with van der Waals surface area (Å²) in [5.74, 6) is 4.57. The fraction of sp³-hybridized carbons (Fsp3) is 0.214. The zero-order valence-corrected chi connectivity index (χ0v) is 11.5. The molecule has 0 saturated heterocycles. The molecule has 1 heterocycles. The van der Waals surface area contributed by atoms with Gasteiger partial charge in [-0.25, -0.2) is 10.8 Å². The van der Waals surface area contributed by atoms with Crippen molar-refractivity contribution in [2.75, 3.05) is 0 Å². The third kappa shape index (κ3) is 3.90. The Morgan fingerprint density at radius 1 is 1.33 bits per heavy atom. The maximum atomic E-state index is 12.0. The Morgan fingerprint density at radius 3 is 2.62 bits per heavy atom. The number of amides is 2. The molecule has 0 fully saturated rings. The molecule has 21 heavy (non-hydrogen) atoms. The summed E-state index contributed by atoms with van der Waals surface area (Å²) in [6.45, 7) is 1.63. The first kappa shape index (κ1) is 14.7. The van der Waals surface area contributed by atoms with E-state index in [1.807, 2.05) is 35.8 Å². The minimum absolute atomic E-state index is 0.121. The second-order valence-corrected chi connectivity index (χ2v) is 4.48. The Bertz CT molecular complexity index is 624. The number of nitrogens with zero attached hydrogens (tertiary/aromatic N) is 1. The van der Waals surface area contributed by atoms with Gasteiger partial charge in [0.25, 0.3) is 11.8 Å². The first-order valence-corrected chi connectivity index (χ1v) is 6.37. The summed E-state index contributed by atoms with van der Waals surface area (Å²) in [6.07, 6.45) is 1.57. The van der Waals surface area contributed by atoms with E-state index in [1.165, 1.54) is 6.26 Å². The van der Waals surface area contributed by atoms with Crippen molar-refractivity contribution in [1.29, 1.82) is 0 Å². The average molecular weight is 288 g/mol. The van der Waals surface area contributed by atoms with Gasteiger partial charge in [0.1, 0.15) is 12.3 Å². The van der Waals surface area contributed by atoms with Crippen LogP contribution in [0.15, 0.2) is 41.0 Å². The number of hydrazine groups is 1. The molecule has 0 aliphatic rings. The van der Waals surface area contributed by atoms with E-state index in [-0.39, 0.29) is 5.69 Å². The molecule has 7 heteroatoms. The van der Waals surface area contributed by atoms with Crippen molar-refractivity contribution < 1.29 is 14.0 Å². The largest absolute Gasteiger partial charge is 0.448 e. The third-order valence-electron chi connectivity index (χ3n) is 2.90. The molecule has 0 radical (unpaired) electrons. The predicted molar refractivity (Wildman–Crippen MR) is 75.0 cm³/mol. The van der Waals surface area contributed by atoms with Crippen molar-refractivity contribution in [3.63, 3.8) is 0 Å². The number of nitrogens with two attached hydrogens (primary N) is 1. The zero-order chi connectivity index (χ0) is 15.2. The van der Waals surface area contributed by atoms with Gasteiger partial charge in [-0.05, 0) is 5.56 Å². The van der Waals surface area contributed by atoms with Crippen molar-refractivity contribution >= 4 is 11.8 Å². The summed E-state index contributed by atoms with van der Waals surface area (Å²) in [5.41, 5.74) is 3.08. The molecule has 1 aromatic carbocycles. The van der Waals surface area contributed by atoms with Gasteiger partial charge in [-0.3, -0.25) is 15.0 Å². The molecule has 0 aliphatic heterocycles. The molecule has 2 rings (SSSR count). The van der Waals surface area contributed by atoms with E-state index < -0.39 is 17.9 Å². The fourth-order valence-corrected chi connectivity index (χ4v) is 1.86. The Balaban J connectivity index is 2.09. The molecular weight excluding hydrogens is 272 g/mol.